The summed E-state index contributed by atoms with van der Waals surface area (Å²) in [6.07, 6.45) is 0. The van der Waals surface area contributed by atoms with Crippen LogP contribution in [-0.2, 0) is 0 Å². The number of hydrogen-bond donors (Lipinski definition) is 1. The van der Waals surface area contributed by atoms with Crippen molar-refractivity contribution in [3.8, 4) is 11.6 Å². The van der Waals surface area contributed by atoms with Crippen LogP contribution in [0.15, 0.2) is 24.3 Å². The number of ether oxygens (including phenoxy) is 1. The molecule has 1 aromatic carbocycles. The van der Waals surface area contributed by atoms with Gasteiger partial charge in [-0.15, -0.1) is 0 Å². The molecule has 1 aromatic heterocycles. The summed E-state index contributed by atoms with van der Waals surface area (Å²) >= 11 is 12.2. The zero-order valence-corrected chi connectivity index (χ0v) is 14.0. The van der Waals surface area contributed by atoms with Gasteiger partial charge in [0.05, 0.1) is 5.02 Å². The van der Waals surface area contributed by atoms with E-state index in [9.17, 15) is 0 Å². The van der Waals surface area contributed by atoms with E-state index >= 15 is 0 Å². The van der Waals surface area contributed by atoms with Crippen LogP contribution >= 0.6 is 23.2 Å². The van der Waals surface area contributed by atoms with Crippen LogP contribution in [0, 0.1) is 6.92 Å². The van der Waals surface area contributed by atoms with Crippen molar-refractivity contribution < 1.29 is 4.74 Å². The molecule has 0 saturated heterocycles. The Kier molecular flexibility index (Phi) is 4.96. The standard InChI is InChI=1S/C16H18Cl2N2O/c1-9(2)11-6-5-10(3)7-14(11)21-16-13(18)8-12(17)15(19-4)20-16/h5-9H,1-4H3,(H,19,20). The van der Waals surface area contributed by atoms with Crippen molar-refractivity contribution in [1.82, 2.24) is 4.98 Å². The number of aromatic nitrogens is 1. The first-order valence-electron chi connectivity index (χ1n) is 6.74. The van der Waals surface area contributed by atoms with Crippen LogP contribution in [0.5, 0.6) is 11.6 Å². The second kappa shape index (κ2) is 6.54. The fraction of sp³-hybridized carbons (Fsp3) is 0.312. The molecule has 0 aliphatic carbocycles. The normalized spacial score (nSPS) is 10.8. The molecule has 0 unspecified atom stereocenters. The summed E-state index contributed by atoms with van der Waals surface area (Å²) in [6, 6.07) is 7.75. The lowest BCUT2D eigenvalue weighted by Gasteiger charge is -2.15. The van der Waals surface area contributed by atoms with Crippen LogP contribution in [0.4, 0.5) is 5.82 Å². The van der Waals surface area contributed by atoms with Gasteiger partial charge in [-0.3, -0.25) is 0 Å². The lowest BCUT2D eigenvalue weighted by molar-refractivity contribution is 0.455. The largest absolute Gasteiger partial charge is 0.437 e. The lowest BCUT2D eigenvalue weighted by Crippen LogP contribution is -1.99. The van der Waals surface area contributed by atoms with E-state index in [-0.39, 0.29) is 0 Å². The lowest BCUT2D eigenvalue weighted by atomic mass is 10.0. The molecule has 5 heteroatoms. The number of pyridine rings is 1. The Morgan fingerprint density at radius 3 is 2.48 bits per heavy atom. The number of nitrogens with one attached hydrogen (secondary N) is 1. The zero-order chi connectivity index (χ0) is 15.6. The van der Waals surface area contributed by atoms with Gasteiger partial charge in [0.15, 0.2) is 0 Å². The molecule has 0 radical (unpaired) electrons. The minimum absolute atomic E-state index is 0.343. The highest BCUT2D eigenvalue weighted by atomic mass is 35.5. The highest BCUT2D eigenvalue weighted by Gasteiger charge is 2.14. The van der Waals surface area contributed by atoms with Gasteiger partial charge in [0.25, 0.3) is 0 Å². The van der Waals surface area contributed by atoms with E-state index < -0.39 is 0 Å². The highest BCUT2D eigenvalue weighted by Crippen LogP contribution is 2.36. The minimum atomic E-state index is 0.343. The summed E-state index contributed by atoms with van der Waals surface area (Å²) in [5, 5.41) is 3.76. The Labute approximate surface area is 135 Å². The molecule has 2 rings (SSSR count). The second-order valence-electron chi connectivity index (χ2n) is 5.15. The Morgan fingerprint density at radius 1 is 1.14 bits per heavy atom. The second-order valence-corrected chi connectivity index (χ2v) is 5.97. The molecule has 0 aliphatic rings. The maximum absolute atomic E-state index is 6.18. The van der Waals surface area contributed by atoms with Crippen LogP contribution in [0.25, 0.3) is 0 Å². The van der Waals surface area contributed by atoms with Crippen molar-refractivity contribution >= 4 is 29.0 Å². The third-order valence-electron chi connectivity index (χ3n) is 3.13. The Morgan fingerprint density at radius 2 is 1.86 bits per heavy atom. The molecule has 0 amide bonds. The maximum Gasteiger partial charge on any atom is 0.240 e. The van der Waals surface area contributed by atoms with E-state index in [0.717, 1.165) is 16.9 Å². The van der Waals surface area contributed by atoms with Crippen LogP contribution in [-0.4, -0.2) is 12.0 Å². The molecule has 1 N–H and O–H groups in total. The van der Waals surface area contributed by atoms with Crippen molar-refractivity contribution in [2.24, 2.45) is 0 Å². The number of nitrogens with zero attached hydrogens (tertiary/aromatic N) is 1. The number of anilines is 1. The first kappa shape index (κ1) is 15.9. The molecule has 0 fully saturated rings. The Hall–Kier alpha value is -1.45. The number of halogens is 2. The molecule has 3 nitrogen and oxygen atoms in total. The molecule has 0 spiro atoms. The Bertz CT molecular complexity index is 657. The molecule has 1 heterocycles. The third kappa shape index (κ3) is 3.60. The molecule has 0 atom stereocenters. The third-order valence-corrected chi connectivity index (χ3v) is 3.69. The number of benzene rings is 1. The molecule has 0 bridgehead atoms. The average Bonchev–Trinajstić information content (AvgIpc) is 2.41. The van der Waals surface area contributed by atoms with E-state index in [0.29, 0.717) is 27.7 Å². The van der Waals surface area contributed by atoms with Crippen LogP contribution < -0.4 is 10.1 Å². The summed E-state index contributed by atoms with van der Waals surface area (Å²) in [6.45, 7) is 6.26. The SMILES string of the molecule is CNc1nc(Oc2cc(C)ccc2C(C)C)c(Cl)cc1Cl. The van der Waals surface area contributed by atoms with Gasteiger partial charge < -0.3 is 10.1 Å². The van der Waals surface area contributed by atoms with E-state index in [1.807, 2.05) is 13.0 Å². The summed E-state index contributed by atoms with van der Waals surface area (Å²) in [5.74, 6) is 1.99. The number of aryl methyl sites for hydroxylation is 1. The van der Waals surface area contributed by atoms with Gasteiger partial charge in [0.2, 0.25) is 5.88 Å². The van der Waals surface area contributed by atoms with Crippen molar-refractivity contribution in [3.63, 3.8) is 0 Å². The zero-order valence-electron chi connectivity index (χ0n) is 12.5. The van der Waals surface area contributed by atoms with E-state index in [1.165, 1.54) is 0 Å². The van der Waals surface area contributed by atoms with Gasteiger partial charge in [0, 0.05) is 7.05 Å². The molecule has 0 aliphatic heterocycles. The van der Waals surface area contributed by atoms with Gasteiger partial charge in [0.1, 0.15) is 16.6 Å². The molecular weight excluding hydrogens is 307 g/mol. The van der Waals surface area contributed by atoms with Crippen molar-refractivity contribution in [3.05, 3.63) is 45.4 Å². The number of rotatable bonds is 4. The quantitative estimate of drug-likeness (QED) is 0.788. The van der Waals surface area contributed by atoms with Gasteiger partial charge in [-0.25, -0.2) is 0 Å². The first-order chi connectivity index (χ1) is 9.92. The van der Waals surface area contributed by atoms with E-state index in [2.05, 4.69) is 36.3 Å². The van der Waals surface area contributed by atoms with Gasteiger partial charge in [-0.05, 0) is 36.1 Å². The Balaban J connectivity index is 2.45. The predicted molar refractivity (Wildman–Crippen MR) is 89.1 cm³/mol. The molecule has 112 valence electrons. The molecule has 0 saturated carbocycles. The van der Waals surface area contributed by atoms with Crippen molar-refractivity contribution in [2.45, 2.75) is 26.7 Å². The highest BCUT2D eigenvalue weighted by molar-refractivity contribution is 6.36. The molecule has 21 heavy (non-hydrogen) atoms. The van der Waals surface area contributed by atoms with Gasteiger partial charge in [-0.1, -0.05) is 49.2 Å². The topological polar surface area (TPSA) is 34.2 Å². The summed E-state index contributed by atoms with van der Waals surface area (Å²) in [4.78, 5) is 4.32. The van der Waals surface area contributed by atoms with Gasteiger partial charge >= 0.3 is 0 Å². The van der Waals surface area contributed by atoms with Crippen LogP contribution in [0.1, 0.15) is 30.9 Å². The average molecular weight is 325 g/mol. The summed E-state index contributed by atoms with van der Waals surface area (Å²) in [7, 11) is 1.75. The fourth-order valence-electron chi connectivity index (χ4n) is 2.01. The molecule has 2 aromatic rings. The van der Waals surface area contributed by atoms with Crippen LogP contribution in [0.2, 0.25) is 10.0 Å². The smallest absolute Gasteiger partial charge is 0.240 e. The van der Waals surface area contributed by atoms with E-state index in [1.54, 1.807) is 13.1 Å². The monoisotopic (exact) mass is 324 g/mol. The van der Waals surface area contributed by atoms with E-state index in [4.69, 9.17) is 27.9 Å². The predicted octanol–water partition coefficient (Wildman–Crippen LogP) is 5.65. The first-order valence-corrected chi connectivity index (χ1v) is 7.50. The van der Waals surface area contributed by atoms with Gasteiger partial charge in [-0.2, -0.15) is 4.98 Å². The fourth-order valence-corrected chi connectivity index (χ4v) is 2.50. The molecular formula is C16H18Cl2N2O. The van der Waals surface area contributed by atoms with Crippen molar-refractivity contribution in [1.29, 1.82) is 0 Å². The summed E-state index contributed by atoms with van der Waals surface area (Å²) in [5.41, 5.74) is 2.23. The number of hydrogen-bond acceptors (Lipinski definition) is 3. The maximum atomic E-state index is 6.18. The minimum Gasteiger partial charge on any atom is -0.437 e. The summed E-state index contributed by atoms with van der Waals surface area (Å²) < 4.78 is 5.94. The van der Waals surface area contributed by atoms with Crippen molar-refractivity contribution in [2.75, 3.05) is 12.4 Å². The van der Waals surface area contributed by atoms with Crippen LogP contribution in [0.3, 0.4) is 0 Å².